The van der Waals surface area contributed by atoms with Crippen LogP contribution in [-0.4, -0.2) is 10.1 Å². The SMILES string of the molecule is C1=CC2SC3=C(C2C=C1)C(C1C=C(N(C2=CC[C@@H](C4C=CC=C5C=CCCC54)C=C2)C2=c4sc5c(c4=CCC2)CCC=C5c2ccccc2)C=CC1)CC=C3. The van der Waals surface area contributed by atoms with E-state index in [9.17, 15) is 0 Å². The standard InChI is InChI=1S/C52H49NS2/c1-2-13-35(14-3-1)43-23-10-24-44-45-25-11-26-47(52(45)55-51(43)44)53(38-31-29-36(30-32-38)41-21-9-16-34-15-4-5-19-40(34)41)39-18-8-17-37(33-39)42-22-12-28-49-50(42)46-20-6-7-27-48(46)54-49/h1-4,6-9,12-16,18,20-21,23,25,27-29,31-33,36-37,40-42,46,48H,5,10-11,17,19,22,24,26,30H2/t36-,37?,40?,41?,42?,46?,48?/m0/s1. The van der Waals surface area contributed by atoms with Crippen molar-refractivity contribution in [1.29, 1.82) is 0 Å². The van der Waals surface area contributed by atoms with Crippen LogP contribution in [0.1, 0.15) is 67.4 Å². The molecule has 0 saturated carbocycles. The molecule has 9 aliphatic rings. The van der Waals surface area contributed by atoms with Crippen LogP contribution in [0.4, 0.5) is 0 Å². The summed E-state index contributed by atoms with van der Waals surface area (Å²) in [6.07, 6.45) is 56.9. The monoisotopic (exact) mass is 751 g/mol. The number of benzene rings is 1. The van der Waals surface area contributed by atoms with Crippen molar-refractivity contribution < 1.29 is 0 Å². The van der Waals surface area contributed by atoms with Crippen molar-refractivity contribution in [2.45, 2.75) is 63.0 Å². The average molecular weight is 752 g/mol. The summed E-state index contributed by atoms with van der Waals surface area (Å²) in [5.74, 6) is 3.29. The molecular formula is C52H49NS2. The van der Waals surface area contributed by atoms with E-state index in [1.165, 1.54) is 66.2 Å². The van der Waals surface area contributed by atoms with Crippen molar-refractivity contribution >= 4 is 40.4 Å². The van der Waals surface area contributed by atoms with Crippen LogP contribution in [0.25, 0.3) is 17.3 Å². The molecule has 1 nitrogen and oxygen atoms in total. The van der Waals surface area contributed by atoms with Gasteiger partial charge in [-0.2, -0.15) is 0 Å². The lowest BCUT2D eigenvalue weighted by molar-refractivity contribution is 0.336. The summed E-state index contributed by atoms with van der Waals surface area (Å²) < 4.78 is 1.49. The zero-order valence-corrected chi connectivity index (χ0v) is 33.2. The molecule has 6 unspecified atom stereocenters. The van der Waals surface area contributed by atoms with Crippen molar-refractivity contribution in [2.75, 3.05) is 0 Å². The molecule has 11 rings (SSSR count). The van der Waals surface area contributed by atoms with Gasteiger partial charge in [-0.3, -0.25) is 0 Å². The van der Waals surface area contributed by atoms with E-state index in [1.807, 2.05) is 0 Å². The van der Waals surface area contributed by atoms with Gasteiger partial charge in [-0.15, -0.1) is 23.1 Å². The van der Waals surface area contributed by atoms with Gasteiger partial charge in [0.05, 0.1) is 4.53 Å². The fraction of sp³-hybridized carbons (Fsp3) is 0.308. The van der Waals surface area contributed by atoms with E-state index in [2.05, 4.69) is 174 Å². The first kappa shape index (κ1) is 34.0. The lowest BCUT2D eigenvalue weighted by Gasteiger charge is -2.38. The quantitative estimate of drug-likeness (QED) is 0.289. The summed E-state index contributed by atoms with van der Waals surface area (Å²) >= 11 is 4.14. The van der Waals surface area contributed by atoms with Crippen LogP contribution >= 0.6 is 23.1 Å². The van der Waals surface area contributed by atoms with Crippen molar-refractivity contribution in [3.63, 3.8) is 0 Å². The van der Waals surface area contributed by atoms with Crippen LogP contribution in [0.3, 0.4) is 0 Å². The van der Waals surface area contributed by atoms with E-state index < -0.39 is 0 Å². The summed E-state index contributed by atoms with van der Waals surface area (Å²) in [7, 11) is 0. The molecular weight excluding hydrogens is 703 g/mol. The minimum absolute atomic E-state index is 0.480. The van der Waals surface area contributed by atoms with Crippen LogP contribution in [0, 0.1) is 35.5 Å². The van der Waals surface area contributed by atoms with Gasteiger partial charge in [0.2, 0.25) is 0 Å². The first-order valence-electron chi connectivity index (χ1n) is 20.9. The van der Waals surface area contributed by atoms with Gasteiger partial charge < -0.3 is 4.90 Å². The largest absolute Gasteiger partial charge is 0.313 e. The minimum Gasteiger partial charge on any atom is -0.313 e. The zero-order valence-electron chi connectivity index (χ0n) is 31.5. The van der Waals surface area contributed by atoms with Gasteiger partial charge in [0.25, 0.3) is 0 Å². The van der Waals surface area contributed by atoms with Gasteiger partial charge in [-0.25, -0.2) is 0 Å². The van der Waals surface area contributed by atoms with E-state index in [1.54, 1.807) is 11.1 Å². The molecule has 0 amide bonds. The summed E-state index contributed by atoms with van der Waals surface area (Å²) in [5, 5.41) is 2.06. The molecule has 1 aliphatic heterocycles. The number of nitrogens with zero attached hydrogens (tertiary/aromatic N) is 1. The van der Waals surface area contributed by atoms with Crippen LogP contribution < -0.4 is 9.75 Å². The maximum Gasteiger partial charge on any atom is 0.0547 e. The third-order valence-corrected chi connectivity index (χ3v) is 16.3. The Hall–Kier alpha value is -4.31. The first-order valence-corrected chi connectivity index (χ1v) is 22.6. The van der Waals surface area contributed by atoms with E-state index in [-0.39, 0.29) is 0 Å². The molecule has 0 bridgehead atoms. The Bertz CT molecular complexity index is 2430. The Balaban J connectivity index is 1.00. The normalized spacial score (nSPS) is 31.1. The molecule has 8 aliphatic carbocycles. The number of fused-ring (bicyclic) bond motifs is 6. The predicted octanol–water partition coefficient (Wildman–Crippen LogP) is 11.8. The van der Waals surface area contributed by atoms with Gasteiger partial charge >= 0.3 is 0 Å². The zero-order chi connectivity index (χ0) is 36.3. The van der Waals surface area contributed by atoms with Crippen molar-refractivity contribution in [3.8, 4) is 0 Å². The molecule has 0 saturated heterocycles. The molecule has 3 heteroatoms. The maximum atomic E-state index is 2.73. The number of thiophene rings is 1. The lowest BCUT2D eigenvalue weighted by atomic mass is 9.69. The van der Waals surface area contributed by atoms with E-state index in [0.717, 1.165) is 44.9 Å². The number of hydrogen-bond acceptors (Lipinski definition) is 3. The lowest BCUT2D eigenvalue weighted by Crippen LogP contribution is -2.35. The highest BCUT2D eigenvalue weighted by Gasteiger charge is 2.40. The van der Waals surface area contributed by atoms with Crippen LogP contribution in [0.15, 0.2) is 167 Å². The Morgan fingerprint density at radius 3 is 2.53 bits per heavy atom. The van der Waals surface area contributed by atoms with Gasteiger partial charge in [0.1, 0.15) is 0 Å². The number of thioether (sulfide) groups is 1. The molecule has 2 heterocycles. The second-order valence-electron chi connectivity index (χ2n) is 16.6. The Kier molecular flexibility index (Phi) is 8.85. The van der Waals surface area contributed by atoms with E-state index in [4.69, 9.17) is 0 Å². The van der Waals surface area contributed by atoms with E-state index >= 15 is 0 Å². The van der Waals surface area contributed by atoms with Crippen molar-refractivity contribution in [2.24, 2.45) is 35.5 Å². The van der Waals surface area contributed by atoms with Crippen LogP contribution in [0.2, 0.25) is 0 Å². The third-order valence-electron chi connectivity index (χ3n) is 13.6. The van der Waals surface area contributed by atoms with Crippen LogP contribution in [0.5, 0.6) is 0 Å². The fourth-order valence-electron chi connectivity index (χ4n) is 11.1. The highest BCUT2D eigenvalue weighted by molar-refractivity contribution is 8.04. The molecule has 0 N–H and O–H groups in total. The van der Waals surface area contributed by atoms with Gasteiger partial charge in [0, 0.05) is 38.0 Å². The molecule has 274 valence electrons. The highest BCUT2D eigenvalue weighted by Crippen LogP contribution is 2.53. The highest BCUT2D eigenvalue weighted by atomic mass is 32.2. The summed E-state index contributed by atoms with van der Waals surface area (Å²) in [6, 6.07) is 11.1. The Morgan fingerprint density at radius 2 is 1.60 bits per heavy atom. The molecule has 55 heavy (non-hydrogen) atoms. The van der Waals surface area contributed by atoms with E-state index in [0.29, 0.717) is 40.8 Å². The number of rotatable bonds is 6. The van der Waals surface area contributed by atoms with Gasteiger partial charge in [-0.1, -0.05) is 134 Å². The molecule has 1 aromatic heterocycles. The minimum atomic E-state index is 0.480. The Morgan fingerprint density at radius 1 is 0.691 bits per heavy atom. The average Bonchev–Trinajstić information content (AvgIpc) is 3.84. The first-order chi connectivity index (χ1) is 27.3. The van der Waals surface area contributed by atoms with Crippen LogP contribution in [-0.2, 0) is 6.42 Å². The summed E-state index contributed by atoms with van der Waals surface area (Å²) in [4.78, 5) is 5.75. The predicted molar refractivity (Wildman–Crippen MR) is 235 cm³/mol. The van der Waals surface area contributed by atoms with Gasteiger partial charge in [0.15, 0.2) is 0 Å². The Labute approximate surface area is 335 Å². The molecule has 2 aromatic rings. The number of hydrogen-bond donors (Lipinski definition) is 0. The molecule has 7 atom stereocenters. The summed E-state index contributed by atoms with van der Waals surface area (Å²) in [5.41, 5.74) is 11.8. The molecule has 0 fully saturated rings. The third kappa shape index (κ3) is 5.96. The van der Waals surface area contributed by atoms with Gasteiger partial charge in [-0.05, 0) is 133 Å². The molecule has 1 aromatic carbocycles. The fourth-order valence-corrected chi connectivity index (χ4v) is 14.0. The smallest absolute Gasteiger partial charge is 0.0547 e. The van der Waals surface area contributed by atoms with Crippen molar-refractivity contribution in [1.82, 2.24) is 4.90 Å². The summed E-state index contributed by atoms with van der Waals surface area (Å²) in [6.45, 7) is 0. The maximum absolute atomic E-state index is 2.73. The molecule has 0 radical (unpaired) electrons. The number of allylic oxidation sites excluding steroid dienone is 19. The van der Waals surface area contributed by atoms with Crippen molar-refractivity contribution in [3.05, 3.63) is 193 Å². The second-order valence-corrected chi connectivity index (χ2v) is 18.9. The molecule has 0 spiro atoms. The topological polar surface area (TPSA) is 3.24 Å². The second kappa shape index (κ2) is 14.3.